The average Bonchev–Trinajstić information content (AvgIpc) is 3.47. The number of esters is 1. The molecule has 8 bridgehead atoms. The van der Waals surface area contributed by atoms with E-state index in [9.17, 15) is 14.4 Å². The highest BCUT2D eigenvalue weighted by molar-refractivity contribution is 14.1. The van der Waals surface area contributed by atoms with Crippen molar-refractivity contribution in [1.29, 1.82) is 0 Å². The molecular weight excluding hydrogens is 669 g/mol. The lowest BCUT2D eigenvalue weighted by molar-refractivity contribution is -0.170. The van der Waals surface area contributed by atoms with Crippen molar-refractivity contribution in [2.24, 2.45) is 11.3 Å². The maximum atomic E-state index is 14.0. The summed E-state index contributed by atoms with van der Waals surface area (Å²) in [4.78, 5) is 48.5. The molecule has 5 heterocycles. The maximum Gasteiger partial charge on any atom is 0.408 e. The Kier molecular flexibility index (Phi) is 7.53. The molecule has 12 heteroatoms. The van der Waals surface area contributed by atoms with Crippen LogP contribution in [0.15, 0.2) is 23.6 Å². The summed E-state index contributed by atoms with van der Waals surface area (Å²) in [7, 11) is 0. The lowest BCUT2D eigenvalue weighted by atomic mass is 9.73. The van der Waals surface area contributed by atoms with Gasteiger partial charge in [-0.2, -0.15) is 0 Å². The highest BCUT2D eigenvalue weighted by Gasteiger charge is 2.51. The zero-order valence-corrected chi connectivity index (χ0v) is 27.4. The molecule has 0 radical (unpaired) electrons. The summed E-state index contributed by atoms with van der Waals surface area (Å²) in [5.74, 6) is -0.581. The van der Waals surface area contributed by atoms with Crippen molar-refractivity contribution in [1.82, 2.24) is 25.7 Å². The molecule has 0 unspecified atom stereocenters. The average molecular weight is 706 g/mol. The number of aromatic amines is 1. The number of halogens is 1. The van der Waals surface area contributed by atoms with Gasteiger partial charge in [0.05, 0.1) is 21.0 Å². The van der Waals surface area contributed by atoms with E-state index in [0.717, 1.165) is 32.3 Å². The SMILES string of the molecule is CC1(C)COC(=O)[C@H]2NN(C(=O)[C@@H](NC(=O)OC(C)(C)C)Cc3nc(cs3)-c3ccc4[nH]c(I)c(c4c3)C1)C1CC2C1. The highest BCUT2D eigenvalue weighted by atomic mass is 127. The minimum absolute atomic E-state index is 0.0517. The normalized spacial score (nSPS) is 25.8. The Morgan fingerprint density at radius 1 is 1.26 bits per heavy atom. The third-order valence-corrected chi connectivity index (χ3v) is 9.88. The molecule has 2 saturated heterocycles. The standard InChI is InChI=1S/C30H36IN5O5S/c1-29(2,3)41-28(39)34-21-11-23-32-22(13-42-23)15-6-7-20-18(10-15)19(25(31)33-20)12-30(4,5)14-40-27(38)24-16-8-17(9-16)36(35-24)26(21)37/h6-7,10,13,16-17,21,24,33,35H,8-9,11-12,14H2,1-5H3,(H,34,39)/t16?,17?,21-,24-/m0/s1. The van der Waals surface area contributed by atoms with Gasteiger partial charge in [0, 0.05) is 39.7 Å². The number of hydrogen-bond donors (Lipinski definition) is 3. The first-order valence-corrected chi connectivity index (χ1v) is 16.2. The van der Waals surface area contributed by atoms with Crippen molar-refractivity contribution in [3.63, 3.8) is 0 Å². The summed E-state index contributed by atoms with van der Waals surface area (Å²) in [6.45, 7) is 9.77. The fourth-order valence-electron chi connectivity index (χ4n) is 5.92. The van der Waals surface area contributed by atoms with Gasteiger partial charge in [0.15, 0.2) is 0 Å². The number of amides is 2. The topological polar surface area (TPSA) is 126 Å². The van der Waals surface area contributed by atoms with E-state index < -0.39 is 23.8 Å². The van der Waals surface area contributed by atoms with Crippen molar-refractivity contribution in [2.75, 3.05) is 6.61 Å². The molecule has 0 spiro atoms. The third-order valence-electron chi connectivity index (χ3n) is 8.09. The van der Waals surface area contributed by atoms with Crippen LogP contribution >= 0.6 is 33.9 Å². The fourth-order valence-corrected chi connectivity index (χ4v) is 7.55. The second kappa shape index (κ2) is 10.8. The first-order valence-electron chi connectivity index (χ1n) is 14.3. The molecule has 224 valence electrons. The molecule has 42 heavy (non-hydrogen) atoms. The van der Waals surface area contributed by atoms with E-state index in [1.807, 2.05) is 11.4 Å². The number of nitrogens with zero attached hydrogens (tertiary/aromatic N) is 2. The van der Waals surface area contributed by atoms with Crippen molar-refractivity contribution in [3.8, 4) is 11.3 Å². The molecule has 1 aliphatic carbocycles. The van der Waals surface area contributed by atoms with E-state index in [-0.39, 0.29) is 42.3 Å². The van der Waals surface area contributed by atoms with Gasteiger partial charge >= 0.3 is 12.1 Å². The Morgan fingerprint density at radius 2 is 2.02 bits per heavy atom. The lowest BCUT2D eigenvalue weighted by Gasteiger charge is -2.53. The summed E-state index contributed by atoms with van der Waals surface area (Å²) < 4.78 is 12.5. The second-order valence-electron chi connectivity index (χ2n) is 13.4. The van der Waals surface area contributed by atoms with Gasteiger partial charge in [-0.1, -0.05) is 19.9 Å². The van der Waals surface area contributed by atoms with Gasteiger partial charge in [0.1, 0.15) is 17.7 Å². The number of H-pyrrole nitrogens is 1. The van der Waals surface area contributed by atoms with E-state index >= 15 is 0 Å². The molecule has 7 rings (SSSR count). The smallest absolute Gasteiger partial charge is 0.408 e. The molecule has 3 N–H and O–H groups in total. The number of benzene rings is 1. The number of carbonyl (C=O) groups excluding carboxylic acids is 3. The Hall–Kier alpha value is -2.71. The highest BCUT2D eigenvalue weighted by Crippen LogP contribution is 2.40. The Balaban J connectivity index is 1.38. The molecule has 2 aromatic heterocycles. The predicted octanol–water partition coefficient (Wildman–Crippen LogP) is 4.95. The molecule has 1 saturated carbocycles. The van der Waals surface area contributed by atoms with Gasteiger partial charge in [-0.3, -0.25) is 14.6 Å². The molecule has 10 nitrogen and oxygen atoms in total. The summed E-state index contributed by atoms with van der Waals surface area (Å²) >= 11 is 3.79. The number of aromatic nitrogens is 2. The largest absolute Gasteiger partial charge is 0.464 e. The monoisotopic (exact) mass is 705 g/mol. The number of nitrogens with one attached hydrogen (secondary N) is 3. The summed E-state index contributed by atoms with van der Waals surface area (Å²) in [5, 5.41) is 8.12. The van der Waals surface area contributed by atoms with Gasteiger partial charge in [0.2, 0.25) is 0 Å². The van der Waals surface area contributed by atoms with Crippen LogP contribution in [-0.2, 0) is 31.9 Å². The minimum Gasteiger partial charge on any atom is -0.464 e. The zero-order chi connectivity index (χ0) is 30.0. The predicted molar refractivity (Wildman–Crippen MR) is 168 cm³/mol. The molecule has 4 aliphatic rings. The summed E-state index contributed by atoms with van der Waals surface area (Å²) in [6, 6.07) is 4.63. The molecule has 2 amide bonds. The number of rotatable bonds is 1. The number of hydrogen-bond acceptors (Lipinski definition) is 8. The Bertz CT molecular complexity index is 1550. The van der Waals surface area contributed by atoms with E-state index in [1.165, 1.54) is 21.9 Å². The van der Waals surface area contributed by atoms with Crippen LogP contribution in [-0.4, -0.2) is 63.3 Å². The number of alkyl carbamates (subject to hydrolysis) is 1. The van der Waals surface area contributed by atoms with Gasteiger partial charge in [-0.05, 0) is 86.2 Å². The van der Waals surface area contributed by atoms with E-state index in [0.29, 0.717) is 17.8 Å². The van der Waals surface area contributed by atoms with Gasteiger partial charge < -0.3 is 19.8 Å². The molecule has 1 aromatic carbocycles. The Morgan fingerprint density at radius 3 is 2.76 bits per heavy atom. The molecule has 2 atom stereocenters. The van der Waals surface area contributed by atoms with Crippen molar-refractivity contribution in [2.45, 2.75) is 84.0 Å². The van der Waals surface area contributed by atoms with Crippen LogP contribution in [0.25, 0.3) is 22.2 Å². The second-order valence-corrected chi connectivity index (χ2v) is 15.4. The zero-order valence-electron chi connectivity index (χ0n) is 24.4. The van der Waals surface area contributed by atoms with Gasteiger partial charge in [-0.25, -0.2) is 15.2 Å². The fraction of sp³-hybridized carbons (Fsp3) is 0.533. The number of fused-ring (bicyclic) bond motifs is 4. The van der Waals surface area contributed by atoms with Crippen LogP contribution in [0.3, 0.4) is 0 Å². The van der Waals surface area contributed by atoms with Gasteiger partial charge in [-0.15, -0.1) is 11.3 Å². The number of thiazole rings is 1. The first kappa shape index (κ1) is 29.4. The van der Waals surface area contributed by atoms with E-state index in [1.54, 1.807) is 20.8 Å². The summed E-state index contributed by atoms with van der Waals surface area (Å²) in [6.07, 6.45) is 1.64. The minimum atomic E-state index is -0.932. The van der Waals surface area contributed by atoms with Crippen molar-refractivity contribution in [3.05, 3.63) is 37.9 Å². The van der Waals surface area contributed by atoms with Crippen LogP contribution in [0.1, 0.15) is 58.0 Å². The quantitative estimate of drug-likeness (QED) is 0.242. The van der Waals surface area contributed by atoms with Crippen LogP contribution in [0.2, 0.25) is 0 Å². The Labute approximate surface area is 262 Å². The van der Waals surface area contributed by atoms with Crippen LogP contribution in [0.5, 0.6) is 0 Å². The third kappa shape index (κ3) is 5.89. The van der Waals surface area contributed by atoms with E-state index in [2.05, 4.69) is 64.3 Å². The number of ether oxygens (including phenoxy) is 2. The number of carbonyl (C=O) groups is 3. The van der Waals surface area contributed by atoms with Crippen LogP contribution in [0, 0.1) is 15.0 Å². The van der Waals surface area contributed by atoms with Crippen molar-refractivity contribution >= 4 is 62.8 Å². The number of cyclic esters (lactones) is 1. The molecule has 3 fully saturated rings. The van der Waals surface area contributed by atoms with Crippen molar-refractivity contribution < 1.29 is 23.9 Å². The molecular formula is C30H36IN5O5S. The summed E-state index contributed by atoms with van der Waals surface area (Å²) in [5.41, 5.74) is 6.11. The van der Waals surface area contributed by atoms with Gasteiger partial charge in [0.25, 0.3) is 5.91 Å². The van der Waals surface area contributed by atoms with Crippen LogP contribution < -0.4 is 10.7 Å². The van der Waals surface area contributed by atoms with E-state index in [4.69, 9.17) is 14.5 Å². The first-order chi connectivity index (χ1) is 19.8. The number of hydrazine groups is 1. The lowest BCUT2D eigenvalue weighted by Crippen LogP contribution is -2.71. The maximum absolute atomic E-state index is 14.0. The van der Waals surface area contributed by atoms with Crippen LogP contribution in [0.4, 0.5) is 4.79 Å². The molecule has 3 aliphatic heterocycles. The molecule has 3 aromatic rings.